The Morgan fingerprint density at radius 2 is 1.88 bits per heavy atom. The van der Waals surface area contributed by atoms with E-state index in [4.69, 9.17) is 19.9 Å². The van der Waals surface area contributed by atoms with Crippen molar-refractivity contribution < 1.29 is 24.0 Å². The Kier molecular flexibility index (Phi) is 12.9. The number of aromatic nitrogens is 1. The number of fused-ring (bicyclic) bond motifs is 1. The van der Waals surface area contributed by atoms with Crippen molar-refractivity contribution in [3.63, 3.8) is 0 Å². The average molecular weight is 548 g/mol. The third-order valence-corrected chi connectivity index (χ3v) is 7.01. The van der Waals surface area contributed by atoms with Crippen molar-refractivity contribution in [2.45, 2.75) is 59.9 Å². The first-order valence-corrected chi connectivity index (χ1v) is 13.5. The summed E-state index contributed by atoms with van der Waals surface area (Å²) in [5.74, 6) is 0.823. The number of aryl methyl sites for hydroxylation is 1. The number of likely N-dealkylation sites (tertiary alicyclic amines) is 1. The van der Waals surface area contributed by atoms with Crippen molar-refractivity contribution in [3.8, 4) is 11.8 Å². The van der Waals surface area contributed by atoms with Crippen LogP contribution in [0.1, 0.15) is 67.9 Å². The number of nitriles is 1. The second-order valence-electron chi connectivity index (χ2n) is 9.93. The average Bonchev–Trinajstić information content (AvgIpc) is 3.65. The number of carboxylic acid groups (broad SMARTS) is 1. The van der Waals surface area contributed by atoms with Crippen molar-refractivity contribution in [2.75, 3.05) is 26.7 Å². The predicted octanol–water partition coefficient (Wildman–Crippen LogP) is 6.04. The summed E-state index contributed by atoms with van der Waals surface area (Å²) in [4.78, 5) is 26.0. The number of nitrogens with one attached hydrogen (secondary N) is 1. The monoisotopic (exact) mass is 547 g/mol. The lowest BCUT2D eigenvalue weighted by molar-refractivity contribution is -0.545. The van der Waals surface area contributed by atoms with Gasteiger partial charge in [-0.2, -0.15) is 5.26 Å². The fraction of sp³-hybridized carbons (Fsp3) is 0.438. The van der Waals surface area contributed by atoms with Gasteiger partial charge in [-0.25, -0.2) is 4.58 Å². The lowest BCUT2D eigenvalue weighted by atomic mass is 9.96. The van der Waals surface area contributed by atoms with Crippen molar-refractivity contribution in [2.24, 2.45) is 5.92 Å². The Balaban J connectivity index is 0.000000264. The van der Waals surface area contributed by atoms with Crippen LogP contribution in [0.5, 0.6) is 5.75 Å². The molecule has 0 radical (unpaired) electrons. The highest BCUT2D eigenvalue weighted by molar-refractivity contribution is 5.94. The summed E-state index contributed by atoms with van der Waals surface area (Å²) >= 11 is 0. The Morgan fingerprint density at radius 3 is 2.45 bits per heavy atom. The van der Waals surface area contributed by atoms with E-state index < -0.39 is 5.97 Å². The van der Waals surface area contributed by atoms with E-state index in [9.17, 15) is 4.79 Å². The lowest BCUT2D eigenvalue weighted by Gasteiger charge is -2.17. The van der Waals surface area contributed by atoms with Crippen LogP contribution < -0.4 is 4.74 Å². The normalized spacial score (nSPS) is 15.8. The van der Waals surface area contributed by atoms with Gasteiger partial charge in [-0.1, -0.05) is 25.6 Å². The molecule has 2 N–H and O–H groups in total. The third kappa shape index (κ3) is 8.98. The first-order chi connectivity index (χ1) is 18.8. The number of rotatable bonds is 5. The zero-order valence-electron chi connectivity index (χ0n) is 23.2. The number of aromatic amines is 1. The second-order valence-corrected chi connectivity index (χ2v) is 9.93. The predicted molar refractivity (Wildman–Crippen MR) is 159 cm³/mol. The highest BCUT2D eigenvalue weighted by Gasteiger charge is 2.22. The second kappa shape index (κ2) is 16.1. The molecular formula is C32H43N4O4+. The van der Waals surface area contributed by atoms with E-state index in [1.54, 1.807) is 7.11 Å². The summed E-state index contributed by atoms with van der Waals surface area (Å²) in [6.07, 6.45) is 9.30. The molecule has 8 nitrogen and oxygen atoms in total. The van der Waals surface area contributed by atoms with E-state index in [2.05, 4.69) is 40.9 Å². The molecule has 0 bridgehead atoms. The Labute approximate surface area is 237 Å². The van der Waals surface area contributed by atoms with E-state index in [0.29, 0.717) is 12.3 Å². The molecule has 1 amide bonds. The van der Waals surface area contributed by atoms with E-state index in [1.807, 2.05) is 41.4 Å². The van der Waals surface area contributed by atoms with Crippen molar-refractivity contribution >= 4 is 29.0 Å². The molecule has 40 heavy (non-hydrogen) atoms. The minimum Gasteiger partial charge on any atom is -0.496 e. The van der Waals surface area contributed by atoms with Crippen LogP contribution >= 0.6 is 0 Å². The number of aliphatic carboxylic acids is 1. The van der Waals surface area contributed by atoms with Crippen LogP contribution in [0.2, 0.25) is 0 Å². The summed E-state index contributed by atoms with van der Waals surface area (Å²) in [5.41, 5.74) is 4.44. The quantitative estimate of drug-likeness (QED) is 0.379. The van der Waals surface area contributed by atoms with Gasteiger partial charge in [0.1, 0.15) is 18.5 Å². The zero-order valence-corrected chi connectivity index (χ0v) is 23.2. The molecule has 2 aliphatic heterocycles. The van der Waals surface area contributed by atoms with E-state index in [-0.39, 0.29) is 13.3 Å². The molecule has 5 rings (SSSR count). The van der Waals surface area contributed by atoms with Crippen LogP contribution in [0, 0.1) is 24.2 Å². The van der Waals surface area contributed by atoms with Gasteiger partial charge >= 0.3 is 0 Å². The number of carboxylic acids is 1. The number of benzene rings is 2. The fourth-order valence-electron chi connectivity index (χ4n) is 4.98. The van der Waals surface area contributed by atoms with Gasteiger partial charge in [-0.3, -0.25) is 9.59 Å². The number of carbonyl (C=O) groups is 2. The van der Waals surface area contributed by atoms with E-state index in [0.717, 1.165) is 70.1 Å². The molecule has 8 heteroatoms. The van der Waals surface area contributed by atoms with Gasteiger partial charge in [-0.15, -0.1) is 0 Å². The summed E-state index contributed by atoms with van der Waals surface area (Å²) in [5, 5.41) is 17.5. The maximum absolute atomic E-state index is 11.8. The highest BCUT2D eigenvalue weighted by atomic mass is 16.5. The number of hydrogen-bond acceptors (Lipinski definition) is 4. The molecule has 3 aromatic rings. The van der Waals surface area contributed by atoms with Crippen LogP contribution in [-0.4, -0.2) is 64.4 Å². The smallest absolute Gasteiger partial charge is 0.300 e. The van der Waals surface area contributed by atoms with Gasteiger partial charge in [0, 0.05) is 61.9 Å². The number of nitrogens with zero attached hydrogens (tertiary/aromatic N) is 3. The summed E-state index contributed by atoms with van der Waals surface area (Å²) < 4.78 is 7.96. The van der Waals surface area contributed by atoms with Crippen molar-refractivity contribution in [1.82, 2.24) is 9.88 Å². The number of H-pyrrole nitrogens is 1. The molecule has 0 saturated carbocycles. The van der Waals surface area contributed by atoms with Gasteiger partial charge in [0.25, 0.3) is 11.9 Å². The fourth-order valence-corrected chi connectivity index (χ4v) is 4.98. The van der Waals surface area contributed by atoms with Crippen molar-refractivity contribution in [1.29, 1.82) is 5.26 Å². The Morgan fingerprint density at radius 1 is 1.20 bits per heavy atom. The molecule has 0 spiro atoms. The van der Waals surface area contributed by atoms with Gasteiger partial charge in [0.2, 0.25) is 0 Å². The van der Waals surface area contributed by atoms with Crippen LogP contribution in [0.4, 0.5) is 0 Å². The number of hydrogen-bond donors (Lipinski definition) is 2. The molecule has 1 saturated heterocycles. The van der Waals surface area contributed by atoms with Crippen LogP contribution in [0.15, 0.2) is 48.7 Å². The maximum Gasteiger partial charge on any atom is 0.300 e. The van der Waals surface area contributed by atoms with E-state index in [1.165, 1.54) is 22.0 Å². The Hall–Kier alpha value is -4.12. The molecule has 3 heterocycles. The van der Waals surface area contributed by atoms with Gasteiger partial charge in [0.15, 0.2) is 6.54 Å². The molecular weight excluding hydrogens is 504 g/mol. The standard InChI is InChI=1S/C18H22N3O.C11H13NO.C2H4O2.CH4/c1-13-11-17(22-2)16(15-4-8-20-18(13)15)12-21-9-5-14(3-7-19)6-10-21;13-11(12-8-4-5-9-12)10-6-2-1-3-7-10;1-2(3)4;/h4,8-9,11,14,20H,3,5-6,10,12H2,1-2H3;1-3,6-7H,4-5,8-9H2;1H3,(H,3,4);1H4/q+1;;;. The number of amides is 1. The molecule has 2 aromatic carbocycles. The van der Waals surface area contributed by atoms with E-state index >= 15 is 0 Å². The SMILES string of the molecule is C.CC(=O)O.COc1cc(C)c2[nH]ccc2c1C[N+]1=CCC(CC#N)CC1.O=C(c1ccccc1)N1CCCC1. The maximum atomic E-state index is 11.8. The molecule has 1 unspecified atom stereocenters. The molecule has 1 aromatic heterocycles. The molecule has 1 atom stereocenters. The van der Waals surface area contributed by atoms with Crippen LogP contribution in [-0.2, 0) is 11.3 Å². The lowest BCUT2D eigenvalue weighted by Crippen LogP contribution is -2.27. The number of methoxy groups -OCH3 is 1. The summed E-state index contributed by atoms with van der Waals surface area (Å²) in [6.45, 7) is 6.90. The van der Waals surface area contributed by atoms with Gasteiger partial charge in [-0.05, 0) is 55.5 Å². The first kappa shape index (κ1) is 32.1. The van der Waals surface area contributed by atoms with Crippen molar-refractivity contribution in [3.05, 3.63) is 65.4 Å². The minimum atomic E-state index is -0.833. The van der Waals surface area contributed by atoms with Crippen LogP contribution in [0.25, 0.3) is 10.9 Å². The Bertz CT molecular complexity index is 1310. The minimum absolute atomic E-state index is 0. The molecule has 2 aliphatic rings. The molecule has 214 valence electrons. The largest absolute Gasteiger partial charge is 0.496 e. The van der Waals surface area contributed by atoms with Gasteiger partial charge in [0.05, 0.1) is 18.7 Å². The molecule has 0 aliphatic carbocycles. The topological polar surface area (TPSA) is 109 Å². The third-order valence-electron chi connectivity index (χ3n) is 7.01. The summed E-state index contributed by atoms with van der Waals surface area (Å²) in [7, 11) is 1.74. The van der Waals surface area contributed by atoms with Crippen LogP contribution in [0.3, 0.4) is 0 Å². The molecule has 1 fully saturated rings. The highest BCUT2D eigenvalue weighted by Crippen LogP contribution is 2.31. The first-order valence-electron chi connectivity index (χ1n) is 13.5. The van der Waals surface area contributed by atoms with Gasteiger partial charge < -0.3 is 19.7 Å². The summed E-state index contributed by atoms with van der Waals surface area (Å²) in [6, 6.07) is 16.0. The number of ether oxygens (including phenoxy) is 1. The zero-order chi connectivity index (χ0) is 28.2. The number of carbonyl (C=O) groups excluding carboxylic acids is 1.